The van der Waals surface area contributed by atoms with E-state index < -0.39 is 5.97 Å². The fraction of sp³-hybridized carbons (Fsp3) is 0.480. The standard InChI is InChI=1S/C25H31ClN4O4/c1-16(17-8-11-30(12-9-17)23-5-3-4-22(26)29-23)24(31)28-20-7-6-18(25(32)33-2)14-21(20)27-15-19-10-13-34-19/h3-7,14,16-17,19,27H,8-13,15H2,1-2H3,(H,28,31). The number of hydrogen-bond donors (Lipinski definition) is 2. The number of piperidine rings is 1. The van der Waals surface area contributed by atoms with Crippen molar-refractivity contribution in [2.24, 2.45) is 11.8 Å². The van der Waals surface area contributed by atoms with Crippen molar-refractivity contribution < 1.29 is 19.1 Å². The topological polar surface area (TPSA) is 92.8 Å². The second kappa shape index (κ2) is 11.1. The summed E-state index contributed by atoms with van der Waals surface area (Å²) in [7, 11) is 1.35. The molecular formula is C25H31ClN4O4. The van der Waals surface area contributed by atoms with Crippen molar-refractivity contribution in [2.45, 2.75) is 32.3 Å². The molecule has 2 aliphatic rings. The molecule has 2 unspecified atom stereocenters. The SMILES string of the molecule is COC(=O)c1ccc(NC(=O)C(C)C2CCN(c3cccc(Cl)n3)CC2)c(NCC2CCO2)c1. The molecule has 0 saturated carbocycles. The van der Waals surface area contributed by atoms with Gasteiger partial charge in [-0.25, -0.2) is 9.78 Å². The third-order valence-electron chi connectivity index (χ3n) is 6.70. The average molecular weight is 487 g/mol. The number of amides is 1. The quantitative estimate of drug-likeness (QED) is 0.426. The average Bonchev–Trinajstić information content (AvgIpc) is 2.83. The van der Waals surface area contributed by atoms with E-state index in [9.17, 15) is 9.59 Å². The van der Waals surface area contributed by atoms with Gasteiger partial charge >= 0.3 is 5.97 Å². The van der Waals surface area contributed by atoms with E-state index in [1.54, 1.807) is 24.3 Å². The number of methoxy groups -OCH3 is 1. The Hall–Kier alpha value is -2.84. The van der Waals surface area contributed by atoms with Gasteiger partial charge in [-0.3, -0.25) is 4.79 Å². The smallest absolute Gasteiger partial charge is 0.337 e. The van der Waals surface area contributed by atoms with Crippen LogP contribution in [-0.2, 0) is 14.3 Å². The van der Waals surface area contributed by atoms with E-state index in [1.165, 1.54) is 7.11 Å². The van der Waals surface area contributed by atoms with Crippen LogP contribution in [0.15, 0.2) is 36.4 Å². The van der Waals surface area contributed by atoms with Gasteiger partial charge in [0, 0.05) is 32.2 Å². The molecule has 4 rings (SSSR count). The van der Waals surface area contributed by atoms with Crippen LogP contribution in [0.3, 0.4) is 0 Å². The molecule has 2 aromatic rings. The molecule has 34 heavy (non-hydrogen) atoms. The second-order valence-corrected chi connectivity index (χ2v) is 9.22. The first-order chi connectivity index (χ1) is 16.4. The number of nitrogens with zero attached hydrogens (tertiary/aromatic N) is 2. The molecular weight excluding hydrogens is 456 g/mol. The maximum atomic E-state index is 13.1. The Labute approximate surface area is 205 Å². The summed E-state index contributed by atoms with van der Waals surface area (Å²) in [6.07, 6.45) is 2.93. The highest BCUT2D eigenvalue weighted by atomic mass is 35.5. The molecule has 2 aliphatic heterocycles. The van der Waals surface area contributed by atoms with E-state index in [-0.39, 0.29) is 23.8 Å². The number of nitrogens with one attached hydrogen (secondary N) is 2. The van der Waals surface area contributed by atoms with Crippen molar-refractivity contribution in [2.75, 3.05) is 48.9 Å². The van der Waals surface area contributed by atoms with Gasteiger partial charge in [0.2, 0.25) is 5.91 Å². The van der Waals surface area contributed by atoms with Crippen LogP contribution in [0.5, 0.6) is 0 Å². The molecule has 2 fully saturated rings. The van der Waals surface area contributed by atoms with Crippen LogP contribution in [0.2, 0.25) is 5.15 Å². The number of rotatable bonds is 8. The predicted octanol–water partition coefficient (Wildman–Crippen LogP) is 4.21. The zero-order valence-electron chi connectivity index (χ0n) is 19.6. The number of ether oxygens (including phenoxy) is 2. The number of pyridine rings is 1. The molecule has 1 aromatic carbocycles. The van der Waals surface area contributed by atoms with Gasteiger partial charge in [-0.1, -0.05) is 24.6 Å². The van der Waals surface area contributed by atoms with Crippen LogP contribution >= 0.6 is 11.6 Å². The maximum Gasteiger partial charge on any atom is 0.337 e. The Bertz CT molecular complexity index is 1020. The molecule has 182 valence electrons. The zero-order valence-corrected chi connectivity index (χ0v) is 20.3. The third kappa shape index (κ3) is 5.80. The number of aromatic nitrogens is 1. The number of carbonyl (C=O) groups excluding carboxylic acids is 2. The van der Waals surface area contributed by atoms with E-state index in [0.29, 0.717) is 28.6 Å². The summed E-state index contributed by atoms with van der Waals surface area (Å²) < 4.78 is 10.3. The minimum atomic E-state index is -0.421. The van der Waals surface area contributed by atoms with Gasteiger partial charge in [-0.15, -0.1) is 0 Å². The number of benzene rings is 1. The lowest BCUT2D eigenvalue weighted by Crippen LogP contribution is -2.39. The molecule has 2 atom stereocenters. The zero-order chi connectivity index (χ0) is 24.1. The number of anilines is 3. The van der Waals surface area contributed by atoms with Crippen LogP contribution in [0.25, 0.3) is 0 Å². The molecule has 1 aromatic heterocycles. The molecule has 2 saturated heterocycles. The van der Waals surface area contributed by atoms with Gasteiger partial charge in [0.15, 0.2) is 0 Å². The molecule has 0 spiro atoms. The number of hydrogen-bond acceptors (Lipinski definition) is 7. The molecule has 3 heterocycles. The largest absolute Gasteiger partial charge is 0.465 e. The van der Waals surface area contributed by atoms with E-state index in [1.807, 2.05) is 19.1 Å². The number of carbonyl (C=O) groups is 2. The highest BCUT2D eigenvalue weighted by Gasteiger charge is 2.29. The molecule has 0 aliphatic carbocycles. The predicted molar refractivity (Wildman–Crippen MR) is 133 cm³/mol. The monoisotopic (exact) mass is 486 g/mol. The van der Waals surface area contributed by atoms with Gasteiger partial charge < -0.3 is 25.0 Å². The normalized spacial score (nSPS) is 19.1. The minimum Gasteiger partial charge on any atom is -0.465 e. The van der Waals surface area contributed by atoms with Crippen LogP contribution in [-0.4, -0.2) is 56.3 Å². The van der Waals surface area contributed by atoms with Crippen molar-refractivity contribution >= 4 is 40.7 Å². The molecule has 0 bridgehead atoms. The van der Waals surface area contributed by atoms with E-state index in [0.717, 1.165) is 44.8 Å². The van der Waals surface area contributed by atoms with Gasteiger partial charge in [0.25, 0.3) is 0 Å². The fourth-order valence-electron chi connectivity index (χ4n) is 4.38. The van der Waals surface area contributed by atoms with Gasteiger partial charge in [-0.2, -0.15) is 0 Å². The summed E-state index contributed by atoms with van der Waals surface area (Å²) in [5.74, 6) is 0.533. The molecule has 9 heteroatoms. The molecule has 1 amide bonds. The van der Waals surface area contributed by atoms with Crippen molar-refractivity contribution in [3.63, 3.8) is 0 Å². The van der Waals surface area contributed by atoms with Crippen molar-refractivity contribution in [1.82, 2.24) is 4.98 Å². The Morgan fingerprint density at radius 3 is 2.62 bits per heavy atom. The van der Waals surface area contributed by atoms with Crippen LogP contribution in [0.4, 0.5) is 17.2 Å². The molecule has 2 N–H and O–H groups in total. The summed E-state index contributed by atoms with van der Waals surface area (Å²) in [5, 5.41) is 6.86. The van der Waals surface area contributed by atoms with Crippen LogP contribution in [0.1, 0.15) is 36.5 Å². The first-order valence-corrected chi connectivity index (χ1v) is 12.1. The summed E-state index contributed by atoms with van der Waals surface area (Å²) >= 11 is 6.03. The Morgan fingerprint density at radius 1 is 1.21 bits per heavy atom. The van der Waals surface area contributed by atoms with Crippen LogP contribution in [0, 0.1) is 11.8 Å². The highest BCUT2D eigenvalue weighted by molar-refractivity contribution is 6.29. The first-order valence-electron chi connectivity index (χ1n) is 11.7. The Morgan fingerprint density at radius 2 is 1.97 bits per heavy atom. The van der Waals surface area contributed by atoms with Crippen LogP contribution < -0.4 is 15.5 Å². The first kappa shape index (κ1) is 24.3. The summed E-state index contributed by atoms with van der Waals surface area (Å²) in [6.45, 7) is 5.02. The molecule has 8 nitrogen and oxygen atoms in total. The van der Waals surface area contributed by atoms with Crippen molar-refractivity contribution in [3.05, 3.63) is 47.1 Å². The van der Waals surface area contributed by atoms with Gasteiger partial charge in [-0.05, 0) is 55.5 Å². The van der Waals surface area contributed by atoms with Gasteiger partial charge in [0.1, 0.15) is 11.0 Å². The second-order valence-electron chi connectivity index (χ2n) is 8.84. The number of esters is 1. The Balaban J connectivity index is 1.38. The lowest BCUT2D eigenvalue weighted by atomic mass is 9.84. The number of halogens is 1. The highest BCUT2D eigenvalue weighted by Crippen LogP contribution is 2.30. The summed E-state index contributed by atoms with van der Waals surface area (Å²) in [5.41, 5.74) is 1.75. The lowest BCUT2D eigenvalue weighted by Gasteiger charge is -2.35. The maximum absolute atomic E-state index is 13.1. The lowest BCUT2D eigenvalue weighted by molar-refractivity contribution is -0.121. The Kier molecular flexibility index (Phi) is 7.90. The van der Waals surface area contributed by atoms with E-state index in [4.69, 9.17) is 21.1 Å². The summed E-state index contributed by atoms with van der Waals surface area (Å²) in [6, 6.07) is 10.7. The third-order valence-corrected chi connectivity index (χ3v) is 6.91. The minimum absolute atomic E-state index is 0.0342. The van der Waals surface area contributed by atoms with Crippen molar-refractivity contribution in [3.8, 4) is 0 Å². The van der Waals surface area contributed by atoms with Crippen molar-refractivity contribution in [1.29, 1.82) is 0 Å². The van der Waals surface area contributed by atoms with E-state index >= 15 is 0 Å². The van der Waals surface area contributed by atoms with Gasteiger partial charge in [0.05, 0.1) is 30.2 Å². The fourth-order valence-corrected chi connectivity index (χ4v) is 4.54. The summed E-state index contributed by atoms with van der Waals surface area (Å²) in [4.78, 5) is 31.7. The van der Waals surface area contributed by atoms with E-state index in [2.05, 4.69) is 20.5 Å². The molecule has 0 radical (unpaired) electrons.